The van der Waals surface area contributed by atoms with Gasteiger partial charge < -0.3 is 14.5 Å². The van der Waals surface area contributed by atoms with Crippen LogP contribution in [-0.4, -0.2) is 18.0 Å². The van der Waals surface area contributed by atoms with Gasteiger partial charge in [-0.05, 0) is 25.1 Å². The lowest BCUT2D eigenvalue weighted by Gasteiger charge is -2.04. The molecule has 0 unspecified atom stereocenters. The number of methoxy groups -OCH3 is 1. The van der Waals surface area contributed by atoms with E-state index in [1.165, 1.54) is 25.3 Å². The van der Waals surface area contributed by atoms with E-state index in [9.17, 15) is 14.9 Å². The third-order valence-corrected chi connectivity index (χ3v) is 3.15. The van der Waals surface area contributed by atoms with Gasteiger partial charge in [-0.15, -0.1) is 0 Å². The second-order valence-electron chi connectivity index (χ2n) is 4.63. The number of aryl methyl sites for hydroxylation is 1. The second-order valence-corrected chi connectivity index (χ2v) is 4.63. The molecule has 8 nitrogen and oxygen atoms in total. The highest BCUT2D eigenvalue weighted by Gasteiger charge is 2.16. The van der Waals surface area contributed by atoms with Gasteiger partial charge in [0.2, 0.25) is 0 Å². The number of hydrogen-bond donors (Lipinski definition) is 1. The van der Waals surface area contributed by atoms with E-state index in [0.717, 1.165) is 0 Å². The van der Waals surface area contributed by atoms with Crippen LogP contribution < -0.4 is 5.32 Å². The fraction of sp³-hybridized carbons (Fsp3) is 0.200. The van der Waals surface area contributed by atoms with Crippen LogP contribution in [0.25, 0.3) is 0 Å². The maximum absolute atomic E-state index is 11.5. The Morgan fingerprint density at radius 1 is 1.48 bits per heavy atom. The summed E-state index contributed by atoms with van der Waals surface area (Å²) >= 11 is 0. The van der Waals surface area contributed by atoms with Crippen LogP contribution in [0.1, 0.15) is 27.4 Å². The minimum Gasteiger partial charge on any atom is -0.465 e. The summed E-state index contributed by atoms with van der Waals surface area (Å²) in [7, 11) is 1.28. The number of furan rings is 1. The summed E-state index contributed by atoms with van der Waals surface area (Å²) in [5, 5.41) is 22.7. The van der Waals surface area contributed by atoms with Crippen LogP contribution in [0.4, 0.5) is 11.4 Å². The largest absolute Gasteiger partial charge is 0.465 e. The molecule has 1 N–H and O–H groups in total. The van der Waals surface area contributed by atoms with Gasteiger partial charge in [0.15, 0.2) is 0 Å². The number of nitrogens with one attached hydrogen (secondary N) is 1. The first kappa shape index (κ1) is 16.0. The van der Waals surface area contributed by atoms with Gasteiger partial charge in [-0.3, -0.25) is 10.1 Å². The van der Waals surface area contributed by atoms with Crippen molar-refractivity contribution in [2.24, 2.45) is 0 Å². The molecule has 0 radical (unpaired) electrons. The maximum atomic E-state index is 11.5. The summed E-state index contributed by atoms with van der Waals surface area (Å²) in [6.45, 7) is 1.90. The predicted molar refractivity (Wildman–Crippen MR) is 79.9 cm³/mol. The van der Waals surface area contributed by atoms with Crippen molar-refractivity contribution in [3.8, 4) is 6.07 Å². The maximum Gasteiger partial charge on any atom is 0.341 e. The third kappa shape index (κ3) is 3.47. The van der Waals surface area contributed by atoms with Crippen LogP contribution >= 0.6 is 0 Å². The van der Waals surface area contributed by atoms with E-state index in [0.29, 0.717) is 22.8 Å². The molecule has 118 valence electrons. The summed E-state index contributed by atoms with van der Waals surface area (Å²) < 4.78 is 10.1. The quantitative estimate of drug-likeness (QED) is 0.512. The van der Waals surface area contributed by atoms with Crippen LogP contribution in [0.2, 0.25) is 0 Å². The van der Waals surface area contributed by atoms with E-state index in [-0.39, 0.29) is 17.8 Å². The van der Waals surface area contributed by atoms with Crippen molar-refractivity contribution < 1.29 is 18.9 Å². The summed E-state index contributed by atoms with van der Waals surface area (Å²) in [6, 6.07) is 7.48. The number of rotatable bonds is 5. The van der Waals surface area contributed by atoms with Gasteiger partial charge >= 0.3 is 5.97 Å². The number of carbonyl (C=O) groups is 1. The van der Waals surface area contributed by atoms with Gasteiger partial charge in [-0.1, -0.05) is 0 Å². The molecule has 0 fully saturated rings. The molecule has 2 aromatic rings. The molecule has 0 aliphatic heterocycles. The van der Waals surface area contributed by atoms with Crippen molar-refractivity contribution in [1.82, 2.24) is 0 Å². The molecule has 1 aromatic heterocycles. The number of benzene rings is 1. The van der Waals surface area contributed by atoms with E-state index in [4.69, 9.17) is 9.68 Å². The number of anilines is 1. The molecular weight excluding hydrogens is 302 g/mol. The van der Waals surface area contributed by atoms with Crippen LogP contribution in [0.15, 0.2) is 28.7 Å². The lowest BCUT2D eigenvalue weighted by atomic mass is 10.1. The van der Waals surface area contributed by atoms with Gasteiger partial charge in [0.25, 0.3) is 5.69 Å². The topological polar surface area (TPSA) is 118 Å². The first-order valence-corrected chi connectivity index (χ1v) is 6.56. The highest BCUT2D eigenvalue weighted by atomic mass is 16.6. The molecule has 2 rings (SSSR count). The summed E-state index contributed by atoms with van der Waals surface area (Å²) in [4.78, 5) is 21.7. The molecule has 8 heteroatoms. The van der Waals surface area contributed by atoms with Gasteiger partial charge in [-0.25, -0.2) is 4.79 Å². The Balaban J connectivity index is 2.14. The summed E-state index contributed by atoms with van der Waals surface area (Å²) in [5.74, 6) is 0.453. The molecule has 0 atom stereocenters. The minimum absolute atomic E-state index is 0.0362. The number of ether oxygens (including phenoxy) is 1. The highest BCUT2D eigenvalue weighted by Crippen LogP contribution is 2.23. The number of nitrogens with zero attached hydrogens (tertiary/aromatic N) is 2. The monoisotopic (exact) mass is 315 g/mol. The normalized spacial score (nSPS) is 9.96. The van der Waals surface area contributed by atoms with Crippen molar-refractivity contribution >= 4 is 17.3 Å². The van der Waals surface area contributed by atoms with E-state index < -0.39 is 10.9 Å². The van der Waals surface area contributed by atoms with E-state index >= 15 is 0 Å². The van der Waals surface area contributed by atoms with Crippen molar-refractivity contribution in [3.63, 3.8) is 0 Å². The number of carbonyl (C=O) groups excluding carboxylic acids is 1. The standard InChI is InChI=1S/C15H13N3O5/c1-9-13(15(19)22-2)6-12(23-9)8-17-11-3-4-14(18(20)21)10(5-11)7-16/h3-6,17H,8H2,1-2H3. The van der Waals surface area contributed by atoms with Crippen molar-refractivity contribution in [2.75, 3.05) is 12.4 Å². The summed E-state index contributed by atoms with van der Waals surface area (Å²) in [6.07, 6.45) is 0. The fourth-order valence-electron chi connectivity index (χ4n) is 2.03. The van der Waals surface area contributed by atoms with E-state index in [2.05, 4.69) is 10.1 Å². The average Bonchev–Trinajstić information content (AvgIpc) is 2.92. The van der Waals surface area contributed by atoms with Crippen molar-refractivity contribution in [1.29, 1.82) is 5.26 Å². The molecule has 1 aromatic carbocycles. The number of esters is 1. The molecule has 0 aliphatic carbocycles. The van der Waals surface area contributed by atoms with E-state index in [1.807, 2.05) is 0 Å². The first-order valence-electron chi connectivity index (χ1n) is 6.56. The Morgan fingerprint density at radius 3 is 2.83 bits per heavy atom. The van der Waals surface area contributed by atoms with Gasteiger partial charge in [0, 0.05) is 11.8 Å². The number of hydrogen-bond acceptors (Lipinski definition) is 7. The molecule has 0 aliphatic rings. The molecule has 1 heterocycles. The number of nitro benzene ring substituents is 1. The van der Waals surface area contributed by atoms with Crippen LogP contribution in [0.3, 0.4) is 0 Å². The Kier molecular flexibility index (Phi) is 4.61. The second kappa shape index (κ2) is 6.62. The van der Waals surface area contributed by atoms with Gasteiger partial charge in [-0.2, -0.15) is 5.26 Å². The zero-order valence-electron chi connectivity index (χ0n) is 12.5. The Morgan fingerprint density at radius 2 is 2.22 bits per heavy atom. The molecule has 0 spiro atoms. The molecule has 0 saturated carbocycles. The highest BCUT2D eigenvalue weighted by molar-refractivity contribution is 5.90. The van der Waals surface area contributed by atoms with Crippen LogP contribution in [-0.2, 0) is 11.3 Å². The smallest absolute Gasteiger partial charge is 0.341 e. The zero-order valence-corrected chi connectivity index (χ0v) is 12.5. The Hall–Kier alpha value is -3.34. The number of nitro groups is 1. The first-order chi connectivity index (χ1) is 11.0. The molecule has 0 amide bonds. The molecule has 23 heavy (non-hydrogen) atoms. The van der Waals surface area contributed by atoms with E-state index in [1.54, 1.807) is 19.1 Å². The molecule has 0 saturated heterocycles. The zero-order chi connectivity index (χ0) is 17.0. The fourth-order valence-corrected chi connectivity index (χ4v) is 2.03. The lowest BCUT2D eigenvalue weighted by molar-refractivity contribution is -0.385. The average molecular weight is 315 g/mol. The lowest BCUT2D eigenvalue weighted by Crippen LogP contribution is -2.01. The third-order valence-electron chi connectivity index (χ3n) is 3.15. The minimum atomic E-state index is -0.610. The SMILES string of the molecule is COC(=O)c1cc(CNc2ccc([N+](=O)[O-])c(C#N)c2)oc1C. The molecule has 0 bridgehead atoms. The van der Waals surface area contributed by atoms with Crippen molar-refractivity contribution in [2.45, 2.75) is 13.5 Å². The summed E-state index contributed by atoms with van der Waals surface area (Å²) in [5.41, 5.74) is 0.581. The van der Waals surface area contributed by atoms with Crippen LogP contribution in [0, 0.1) is 28.4 Å². The van der Waals surface area contributed by atoms with Crippen molar-refractivity contribution in [3.05, 3.63) is 57.0 Å². The van der Waals surface area contributed by atoms with Crippen LogP contribution in [0.5, 0.6) is 0 Å². The number of nitriles is 1. The van der Waals surface area contributed by atoms with Gasteiger partial charge in [0.05, 0.1) is 18.6 Å². The Bertz CT molecular complexity index is 804. The Labute approximate surface area is 131 Å². The molecular formula is C15H13N3O5. The predicted octanol–water partition coefficient (Wildman–Crippen LogP) is 2.77. The van der Waals surface area contributed by atoms with Gasteiger partial charge in [0.1, 0.15) is 28.7 Å².